The van der Waals surface area contributed by atoms with Crippen LogP contribution in [-0.4, -0.2) is 29.3 Å². The molecule has 1 aromatic rings. The highest BCUT2D eigenvalue weighted by Crippen LogP contribution is 2.20. The van der Waals surface area contributed by atoms with Crippen LogP contribution in [0.4, 0.5) is 0 Å². The van der Waals surface area contributed by atoms with E-state index in [-0.39, 0.29) is 6.29 Å². The molecule has 0 spiro atoms. The molecule has 0 aliphatic carbocycles. The van der Waals surface area contributed by atoms with Crippen LogP contribution in [0.25, 0.3) is 0 Å². The first kappa shape index (κ1) is 11.1. The predicted octanol–water partition coefficient (Wildman–Crippen LogP) is 2.03. The molecule has 1 aliphatic heterocycles. The van der Waals surface area contributed by atoms with Crippen LogP contribution < -0.4 is 0 Å². The van der Waals surface area contributed by atoms with E-state index in [1.54, 1.807) is 0 Å². The molecule has 0 unspecified atom stereocenters. The minimum Gasteiger partial charge on any atom is -0.350 e. The van der Waals surface area contributed by atoms with E-state index < -0.39 is 0 Å². The Morgan fingerprint density at radius 3 is 2.60 bits per heavy atom. The smallest absolute Gasteiger partial charge is 0.159 e. The molecule has 15 heavy (non-hydrogen) atoms. The van der Waals surface area contributed by atoms with E-state index in [9.17, 15) is 0 Å². The molecule has 0 radical (unpaired) electrons. The molecule has 5 heteroatoms. The molecule has 0 aromatic carbocycles. The predicted molar refractivity (Wildman–Crippen MR) is 59.7 cm³/mol. The minimum absolute atomic E-state index is 0.0484. The second-order valence-corrected chi connectivity index (χ2v) is 4.46. The van der Waals surface area contributed by atoms with Gasteiger partial charge in [0.25, 0.3) is 0 Å². The molecule has 84 valence electrons. The van der Waals surface area contributed by atoms with E-state index in [1.165, 1.54) is 0 Å². The van der Waals surface area contributed by atoms with Gasteiger partial charge < -0.3 is 9.47 Å². The van der Waals surface area contributed by atoms with Gasteiger partial charge >= 0.3 is 0 Å². The Hall–Kier alpha value is -0.390. The number of nitrogens with zero attached hydrogens (tertiary/aromatic N) is 2. The maximum absolute atomic E-state index is 5.38. The van der Waals surface area contributed by atoms with Gasteiger partial charge in [-0.25, -0.2) is 0 Å². The van der Waals surface area contributed by atoms with Crippen LogP contribution in [0.3, 0.4) is 0 Å². The summed E-state index contributed by atoms with van der Waals surface area (Å²) in [6.45, 7) is 6.32. The van der Waals surface area contributed by atoms with E-state index in [2.05, 4.69) is 28.0 Å². The van der Waals surface area contributed by atoms with Gasteiger partial charge in [0.1, 0.15) is 0 Å². The van der Waals surface area contributed by atoms with Crippen molar-refractivity contribution in [2.75, 3.05) is 13.2 Å². The van der Waals surface area contributed by atoms with Crippen molar-refractivity contribution in [3.63, 3.8) is 0 Å². The number of rotatable bonds is 3. The molecule has 0 N–H and O–H groups in total. The van der Waals surface area contributed by atoms with Gasteiger partial charge in [-0.05, 0) is 29.8 Å². The molecule has 4 nitrogen and oxygen atoms in total. The fraction of sp³-hybridized carbons (Fsp3) is 0.700. The quantitative estimate of drug-likeness (QED) is 0.846. The molecule has 2 heterocycles. The molecule has 0 amide bonds. The highest BCUT2D eigenvalue weighted by atomic mass is 79.9. The van der Waals surface area contributed by atoms with Crippen LogP contribution >= 0.6 is 15.9 Å². The molecule has 1 fully saturated rings. The first-order valence-electron chi connectivity index (χ1n) is 5.11. The number of halogens is 1. The average Bonchev–Trinajstić information content (AvgIpc) is 2.80. The Labute approximate surface area is 97.7 Å². The van der Waals surface area contributed by atoms with Gasteiger partial charge in [0.05, 0.1) is 23.4 Å². The largest absolute Gasteiger partial charge is 0.350 e. The molecular weight excluding hydrogens is 260 g/mol. The van der Waals surface area contributed by atoms with E-state index in [0.717, 1.165) is 28.8 Å². The third kappa shape index (κ3) is 2.41. The molecule has 0 bridgehead atoms. The van der Waals surface area contributed by atoms with Crippen LogP contribution in [0.2, 0.25) is 0 Å². The number of aromatic nitrogens is 2. The molecule has 1 aromatic heterocycles. The Morgan fingerprint density at radius 2 is 2.07 bits per heavy atom. The van der Waals surface area contributed by atoms with Crippen LogP contribution in [0, 0.1) is 13.8 Å². The first-order chi connectivity index (χ1) is 7.18. The van der Waals surface area contributed by atoms with E-state index in [0.29, 0.717) is 13.2 Å². The normalized spacial score (nSPS) is 17.5. The number of hydrogen-bond donors (Lipinski definition) is 0. The standard InChI is InChI=1S/C10H15BrN2O2/c1-7-10(11)8(2)13(12-7)4-3-9-14-5-6-15-9/h9H,3-6H2,1-2H3. The molecule has 2 rings (SSSR count). The van der Waals surface area contributed by atoms with E-state index in [1.807, 2.05) is 11.6 Å². The van der Waals surface area contributed by atoms with Crippen LogP contribution in [0.1, 0.15) is 17.8 Å². The van der Waals surface area contributed by atoms with Gasteiger partial charge in [-0.15, -0.1) is 0 Å². The Morgan fingerprint density at radius 1 is 1.40 bits per heavy atom. The van der Waals surface area contributed by atoms with Crippen molar-refractivity contribution in [1.29, 1.82) is 0 Å². The Balaban J connectivity index is 1.95. The maximum Gasteiger partial charge on any atom is 0.159 e. The van der Waals surface area contributed by atoms with Gasteiger partial charge in [-0.1, -0.05) is 0 Å². The fourth-order valence-corrected chi connectivity index (χ4v) is 1.98. The SMILES string of the molecule is Cc1nn(CCC2OCCO2)c(C)c1Br. The number of ether oxygens (including phenoxy) is 2. The second-order valence-electron chi connectivity index (χ2n) is 3.67. The van der Waals surface area contributed by atoms with Crippen molar-refractivity contribution in [3.8, 4) is 0 Å². The summed E-state index contributed by atoms with van der Waals surface area (Å²) >= 11 is 3.51. The van der Waals surface area contributed by atoms with Gasteiger partial charge in [-0.3, -0.25) is 4.68 Å². The molecule has 1 saturated heterocycles. The topological polar surface area (TPSA) is 36.3 Å². The summed E-state index contributed by atoms with van der Waals surface area (Å²) in [5.41, 5.74) is 2.19. The van der Waals surface area contributed by atoms with Crippen LogP contribution in [0.15, 0.2) is 4.47 Å². The Kier molecular flexibility index (Phi) is 3.43. The second kappa shape index (κ2) is 4.63. The van der Waals surface area contributed by atoms with Crippen molar-refractivity contribution in [2.45, 2.75) is 33.1 Å². The fourth-order valence-electron chi connectivity index (χ4n) is 1.69. The maximum atomic E-state index is 5.38. The summed E-state index contributed by atoms with van der Waals surface area (Å²) in [6.07, 6.45) is 0.807. The highest BCUT2D eigenvalue weighted by Gasteiger charge is 2.17. The van der Waals surface area contributed by atoms with Crippen LogP contribution in [0.5, 0.6) is 0 Å². The van der Waals surface area contributed by atoms with Crippen LogP contribution in [-0.2, 0) is 16.0 Å². The van der Waals surface area contributed by atoms with Crippen molar-refractivity contribution < 1.29 is 9.47 Å². The summed E-state index contributed by atoms with van der Waals surface area (Å²) in [5.74, 6) is 0. The van der Waals surface area contributed by atoms with Gasteiger partial charge in [0.2, 0.25) is 0 Å². The molecule has 1 aliphatic rings. The lowest BCUT2D eigenvalue weighted by atomic mass is 10.4. The summed E-state index contributed by atoms with van der Waals surface area (Å²) in [4.78, 5) is 0. The number of hydrogen-bond acceptors (Lipinski definition) is 3. The van der Waals surface area contributed by atoms with E-state index in [4.69, 9.17) is 9.47 Å². The lowest BCUT2D eigenvalue weighted by Crippen LogP contribution is -2.13. The molecule has 0 atom stereocenters. The molecular formula is C10H15BrN2O2. The highest BCUT2D eigenvalue weighted by molar-refractivity contribution is 9.10. The molecule has 0 saturated carbocycles. The summed E-state index contributed by atoms with van der Waals surface area (Å²) in [7, 11) is 0. The monoisotopic (exact) mass is 274 g/mol. The third-order valence-corrected chi connectivity index (χ3v) is 3.71. The summed E-state index contributed by atoms with van der Waals surface area (Å²) < 4.78 is 13.8. The summed E-state index contributed by atoms with van der Waals surface area (Å²) in [5, 5.41) is 4.43. The lowest BCUT2D eigenvalue weighted by Gasteiger charge is -2.09. The zero-order chi connectivity index (χ0) is 10.8. The minimum atomic E-state index is -0.0484. The lowest BCUT2D eigenvalue weighted by molar-refractivity contribution is -0.0496. The van der Waals surface area contributed by atoms with Crippen molar-refractivity contribution >= 4 is 15.9 Å². The van der Waals surface area contributed by atoms with Crippen molar-refractivity contribution in [2.24, 2.45) is 0 Å². The average molecular weight is 275 g/mol. The first-order valence-corrected chi connectivity index (χ1v) is 5.90. The van der Waals surface area contributed by atoms with Gasteiger partial charge in [0.15, 0.2) is 6.29 Å². The summed E-state index contributed by atoms with van der Waals surface area (Å²) in [6, 6.07) is 0. The van der Waals surface area contributed by atoms with Crippen molar-refractivity contribution in [3.05, 3.63) is 15.9 Å². The third-order valence-electron chi connectivity index (χ3n) is 2.56. The van der Waals surface area contributed by atoms with Crippen molar-refractivity contribution in [1.82, 2.24) is 9.78 Å². The van der Waals surface area contributed by atoms with Gasteiger partial charge in [0, 0.05) is 18.7 Å². The van der Waals surface area contributed by atoms with E-state index >= 15 is 0 Å². The zero-order valence-electron chi connectivity index (χ0n) is 8.99. The number of aryl methyl sites for hydroxylation is 2. The zero-order valence-corrected chi connectivity index (χ0v) is 10.6. The van der Waals surface area contributed by atoms with Gasteiger partial charge in [-0.2, -0.15) is 5.10 Å². The Bertz CT molecular complexity index is 345.